The monoisotopic (exact) mass is 248 g/mol. The van der Waals surface area contributed by atoms with E-state index in [-0.39, 0.29) is 12.0 Å². The summed E-state index contributed by atoms with van der Waals surface area (Å²) in [6, 6.07) is 9.72. The van der Waals surface area contributed by atoms with Crippen LogP contribution in [0.2, 0.25) is 0 Å². The van der Waals surface area contributed by atoms with E-state index >= 15 is 0 Å². The fourth-order valence-corrected chi connectivity index (χ4v) is 2.13. The predicted octanol–water partition coefficient (Wildman–Crippen LogP) is 1.37. The molecule has 0 spiro atoms. The van der Waals surface area contributed by atoms with Gasteiger partial charge in [0.05, 0.1) is 19.3 Å². The van der Waals surface area contributed by atoms with Crippen molar-refractivity contribution < 1.29 is 9.53 Å². The maximum absolute atomic E-state index is 12.2. The second-order valence-corrected chi connectivity index (χ2v) is 4.70. The Morgan fingerprint density at radius 1 is 1.44 bits per heavy atom. The molecule has 1 atom stereocenters. The van der Waals surface area contributed by atoms with Crippen LogP contribution < -0.4 is 4.90 Å². The van der Waals surface area contributed by atoms with Crippen molar-refractivity contribution in [3.05, 3.63) is 30.3 Å². The average Bonchev–Trinajstić information content (AvgIpc) is 2.39. The fourth-order valence-electron chi connectivity index (χ4n) is 2.13. The molecule has 98 valence electrons. The first kappa shape index (κ1) is 13.1. The van der Waals surface area contributed by atoms with E-state index in [4.69, 9.17) is 4.74 Å². The van der Waals surface area contributed by atoms with Crippen LogP contribution in [0.25, 0.3) is 0 Å². The Bertz CT molecular complexity index is 394. The Morgan fingerprint density at radius 2 is 2.17 bits per heavy atom. The Morgan fingerprint density at radius 3 is 2.83 bits per heavy atom. The highest BCUT2D eigenvalue weighted by Gasteiger charge is 2.20. The highest BCUT2D eigenvalue weighted by atomic mass is 16.5. The van der Waals surface area contributed by atoms with Gasteiger partial charge in [0.15, 0.2) is 0 Å². The highest BCUT2D eigenvalue weighted by molar-refractivity contribution is 5.94. The van der Waals surface area contributed by atoms with Gasteiger partial charge in [0, 0.05) is 25.8 Å². The zero-order valence-electron chi connectivity index (χ0n) is 11.0. The zero-order valence-corrected chi connectivity index (χ0v) is 11.0. The number of para-hydroxylation sites is 1. The average molecular weight is 248 g/mol. The molecular weight excluding hydrogens is 228 g/mol. The Hall–Kier alpha value is -1.39. The van der Waals surface area contributed by atoms with Crippen LogP contribution in [-0.4, -0.2) is 50.2 Å². The molecule has 1 aliphatic heterocycles. The molecule has 1 amide bonds. The lowest BCUT2D eigenvalue weighted by Crippen LogP contribution is -2.46. The zero-order chi connectivity index (χ0) is 13.0. The summed E-state index contributed by atoms with van der Waals surface area (Å²) in [6.07, 6.45) is 0.216. The summed E-state index contributed by atoms with van der Waals surface area (Å²) in [5.41, 5.74) is 0.934. The van der Waals surface area contributed by atoms with Crippen molar-refractivity contribution in [1.82, 2.24) is 4.90 Å². The molecule has 4 nitrogen and oxygen atoms in total. The first-order valence-electron chi connectivity index (χ1n) is 6.32. The predicted molar refractivity (Wildman–Crippen MR) is 71.7 cm³/mol. The molecule has 0 N–H and O–H groups in total. The van der Waals surface area contributed by atoms with Crippen LogP contribution in [0, 0.1) is 0 Å². The number of likely N-dealkylation sites (N-methyl/N-ethyl adjacent to an activating group) is 1. The van der Waals surface area contributed by atoms with E-state index in [9.17, 15) is 4.79 Å². The van der Waals surface area contributed by atoms with Crippen molar-refractivity contribution in [3.63, 3.8) is 0 Å². The minimum Gasteiger partial charge on any atom is -0.376 e. The maximum atomic E-state index is 12.2. The normalized spacial score (nSPS) is 20.7. The van der Waals surface area contributed by atoms with Crippen molar-refractivity contribution in [2.75, 3.05) is 38.2 Å². The van der Waals surface area contributed by atoms with Gasteiger partial charge in [-0.15, -0.1) is 0 Å². The van der Waals surface area contributed by atoms with Crippen molar-refractivity contribution >= 4 is 11.6 Å². The lowest BCUT2D eigenvalue weighted by Gasteiger charge is -2.31. The molecule has 2 rings (SSSR count). The van der Waals surface area contributed by atoms with Gasteiger partial charge in [-0.2, -0.15) is 0 Å². The van der Waals surface area contributed by atoms with Crippen LogP contribution in [0.5, 0.6) is 0 Å². The van der Waals surface area contributed by atoms with Gasteiger partial charge in [-0.05, 0) is 19.1 Å². The molecular formula is C14H20N2O2. The molecule has 4 heteroatoms. The van der Waals surface area contributed by atoms with Gasteiger partial charge in [0.2, 0.25) is 5.91 Å². The van der Waals surface area contributed by atoms with Crippen LogP contribution in [0.15, 0.2) is 30.3 Å². The van der Waals surface area contributed by atoms with Crippen LogP contribution in [0.4, 0.5) is 5.69 Å². The first-order chi connectivity index (χ1) is 8.66. The number of hydrogen-bond donors (Lipinski definition) is 0. The van der Waals surface area contributed by atoms with Gasteiger partial charge < -0.3 is 9.64 Å². The molecule has 0 radical (unpaired) electrons. The second-order valence-electron chi connectivity index (χ2n) is 4.70. The molecule has 1 heterocycles. The van der Waals surface area contributed by atoms with Crippen molar-refractivity contribution in [2.24, 2.45) is 0 Å². The first-order valence-corrected chi connectivity index (χ1v) is 6.32. The summed E-state index contributed by atoms with van der Waals surface area (Å²) in [5.74, 6) is 0.121. The third kappa shape index (κ3) is 3.31. The number of hydrogen-bond acceptors (Lipinski definition) is 3. The Balaban J connectivity index is 1.91. The number of anilines is 1. The summed E-state index contributed by atoms with van der Waals surface area (Å²) in [7, 11) is 1.82. The summed E-state index contributed by atoms with van der Waals surface area (Å²) in [6.45, 7) is 4.87. The van der Waals surface area contributed by atoms with E-state index in [1.807, 2.05) is 44.3 Å². The molecule has 0 aromatic heterocycles. The standard InChI is InChI=1S/C14H20N2O2/c1-12-10-16(8-9-18-12)11-14(17)15(2)13-6-4-3-5-7-13/h3-7,12H,8-11H2,1-2H3. The quantitative estimate of drug-likeness (QED) is 0.810. The summed E-state index contributed by atoms with van der Waals surface area (Å²) in [5, 5.41) is 0. The van der Waals surface area contributed by atoms with Crippen molar-refractivity contribution in [2.45, 2.75) is 13.0 Å². The second kappa shape index (κ2) is 5.98. The van der Waals surface area contributed by atoms with Crippen molar-refractivity contribution in [3.8, 4) is 0 Å². The van der Waals surface area contributed by atoms with Gasteiger partial charge >= 0.3 is 0 Å². The topological polar surface area (TPSA) is 32.8 Å². The Kier molecular flexibility index (Phi) is 4.33. The van der Waals surface area contributed by atoms with Gasteiger partial charge in [-0.3, -0.25) is 9.69 Å². The largest absolute Gasteiger partial charge is 0.376 e. The lowest BCUT2D eigenvalue weighted by atomic mass is 10.2. The molecule has 1 aliphatic rings. The van der Waals surface area contributed by atoms with Crippen LogP contribution in [0.1, 0.15) is 6.92 Å². The third-order valence-corrected chi connectivity index (χ3v) is 3.20. The summed E-state index contributed by atoms with van der Waals surface area (Å²) in [4.78, 5) is 16.0. The Labute approximate surface area is 108 Å². The molecule has 0 aliphatic carbocycles. The van der Waals surface area contributed by atoms with E-state index in [0.29, 0.717) is 13.2 Å². The number of ether oxygens (including phenoxy) is 1. The van der Waals surface area contributed by atoms with E-state index in [2.05, 4.69) is 4.90 Å². The van der Waals surface area contributed by atoms with Gasteiger partial charge in [-0.25, -0.2) is 0 Å². The van der Waals surface area contributed by atoms with Crippen molar-refractivity contribution in [1.29, 1.82) is 0 Å². The SMILES string of the molecule is CC1CN(CC(=O)N(C)c2ccccc2)CCO1. The molecule has 0 bridgehead atoms. The molecule has 18 heavy (non-hydrogen) atoms. The number of amides is 1. The van der Waals surface area contributed by atoms with Gasteiger partial charge in [0.25, 0.3) is 0 Å². The van der Waals surface area contributed by atoms with Crippen LogP contribution in [0.3, 0.4) is 0 Å². The van der Waals surface area contributed by atoms with E-state index in [1.54, 1.807) is 4.90 Å². The van der Waals surface area contributed by atoms with Gasteiger partial charge in [0.1, 0.15) is 0 Å². The van der Waals surface area contributed by atoms with Crippen LogP contribution in [-0.2, 0) is 9.53 Å². The van der Waals surface area contributed by atoms with Gasteiger partial charge in [-0.1, -0.05) is 18.2 Å². The van der Waals surface area contributed by atoms with E-state index < -0.39 is 0 Å². The minimum atomic E-state index is 0.121. The summed E-state index contributed by atoms with van der Waals surface area (Å²) >= 11 is 0. The number of morpholine rings is 1. The number of benzene rings is 1. The number of carbonyl (C=O) groups is 1. The molecule has 1 saturated heterocycles. The summed E-state index contributed by atoms with van der Waals surface area (Å²) < 4.78 is 5.47. The maximum Gasteiger partial charge on any atom is 0.240 e. The molecule has 0 saturated carbocycles. The number of rotatable bonds is 3. The molecule has 1 unspecified atom stereocenters. The third-order valence-electron chi connectivity index (χ3n) is 3.20. The van der Waals surface area contributed by atoms with Crippen LogP contribution >= 0.6 is 0 Å². The fraction of sp³-hybridized carbons (Fsp3) is 0.500. The molecule has 1 aromatic carbocycles. The lowest BCUT2D eigenvalue weighted by molar-refractivity contribution is -0.121. The molecule has 1 fully saturated rings. The van der Waals surface area contributed by atoms with E-state index in [0.717, 1.165) is 18.8 Å². The molecule has 1 aromatic rings. The van der Waals surface area contributed by atoms with E-state index in [1.165, 1.54) is 0 Å². The highest BCUT2D eigenvalue weighted by Crippen LogP contribution is 2.12. The number of nitrogens with zero attached hydrogens (tertiary/aromatic N) is 2. The number of carbonyl (C=O) groups excluding carboxylic acids is 1. The smallest absolute Gasteiger partial charge is 0.240 e. The minimum absolute atomic E-state index is 0.121.